The third-order valence-corrected chi connectivity index (χ3v) is 2.71. The van der Waals surface area contributed by atoms with Crippen molar-refractivity contribution in [3.63, 3.8) is 0 Å². The highest BCUT2D eigenvalue weighted by molar-refractivity contribution is 5.85. The number of pyridine rings is 1. The van der Waals surface area contributed by atoms with Crippen LogP contribution in [0, 0.1) is 0 Å². The fourth-order valence-corrected chi connectivity index (χ4v) is 1.82. The van der Waals surface area contributed by atoms with Gasteiger partial charge in [-0.3, -0.25) is 4.98 Å². The van der Waals surface area contributed by atoms with Gasteiger partial charge in [0.2, 0.25) is 0 Å². The Balaban J connectivity index is 2.28. The molecule has 1 aromatic carbocycles. The summed E-state index contributed by atoms with van der Waals surface area (Å²) in [5, 5.41) is 2.27. The monoisotopic (exact) mass is 230 g/mol. The van der Waals surface area contributed by atoms with Gasteiger partial charge in [0.25, 0.3) is 0 Å². The Morgan fingerprint density at radius 1 is 1.24 bits per heavy atom. The molecule has 0 saturated carbocycles. The Hall–Kier alpha value is -1.45. The van der Waals surface area contributed by atoms with E-state index >= 15 is 0 Å². The molecule has 0 amide bonds. The Labute approximate surface area is 102 Å². The molecule has 2 aromatic rings. The maximum Gasteiger partial charge on any atom is 0.0663 e. The molecule has 0 aliphatic rings. The Morgan fingerprint density at radius 3 is 2.76 bits per heavy atom. The van der Waals surface area contributed by atoms with Gasteiger partial charge in [-0.15, -0.1) is 0 Å². The normalized spacial score (nSPS) is 13.2. The van der Waals surface area contributed by atoms with Crippen LogP contribution in [0.4, 0.5) is 0 Å². The van der Waals surface area contributed by atoms with Gasteiger partial charge >= 0.3 is 0 Å². The quantitative estimate of drug-likeness (QED) is 0.878. The molecule has 0 radical (unpaired) electrons. The van der Waals surface area contributed by atoms with Crippen LogP contribution in [0.5, 0.6) is 0 Å². The van der Waals surface area contributed by atoms with Gasteiger partial charge in [0.15, 0.2) is 0 Å². The van der Waals surface area contributed by atoms with Crippen LogP contribution in [-0.2, 0) is 4.74 Å². The Kier molecular flexibility index (Phi) is 3.71. The minimum absolute atomic E-state index is 0.129. The summed E-state index contributed by atoms with van der Waals surface area (Å²) in [5.41, 5.74) is 7.19. The van der Waals surface area contributed by atoms with Crippen LogP contribution in [0.25, 0.3) is 10.8 Å². The first-order valence-corrected chi connectivity index (χ1v) is 5.88. The molecule has 0 aliphatic heterocycles. The summed E-state index contributed by atoms with van der Waals surface area (Å²) < 4.78 is 5.55. The van der Waals surface area contributed by atoms with Gasteiger partial charge in [0.05, 0.1) is 18.8 Å². The SMILES string of the molecule is CC(C)OCC(N)c1cncc2ccccc12. The molecule has 0 aliphatic carbocycles. The minimum Gasteiger partial charge on any atom is -0.377 e. The highest BCUT2D eigenvalue weighted by Crippen LogP contribution is 2.22. The summed E-state index contributed by atoms with van der Waals surface area (Å²) in [6.07, 6.45) is 3.88. The maximum atomic E-state index is 6.14. The van der Waals surface area contributed by atoms with Crippen molar-refractivity contribution < 1.29 is 4.74 Å². The lowest BCUT2D eigenvalue weighted by molar-refractivity contribution is 0.0685. The van der Waals surface area contributed by atoms with E-state index in [0.29, 0.717) is 6.61 Å². The summed E-state index contributed by atoms with van der Waals surface area (Å²) in [6, 6.07) is 8.01. The predicted octanol–water partition coefficient (Wildman–Crippen LogP) is 2.66. The number of benzene rings is 1. The highest BCUT2D eigenvalue weighted by atomic mass is 16.5. The molecular formula is C14H18N2O. The van der Waals surface area contributed by atoms with Crippen molar-refractivity contribution in [2.45, 2.75) is 26.0 Å². The Bertz CT molecular complexity index is 491. The van der Waals surface area contributed by atoms with E-state index in [-0.39, 0.29) is 12.1 Å². The van der Waals surface area contributed by atoms with Gasteiger partial charge in [-0.2, -0.15) is 0 Å². The zero-order valence-corrected chi connectivity index (χ0v) is 10.3. The van der Waals surface area contributed by atoms with E-state index < -0.39 is 0 Å². The number of nitrogens with two attached hydrogens (primary N) is 1. The predicted molar refractivity (Wildman–Crippen MR) is 69.8 cm³/mol. The lowest BCUT2D eigenvalue weighted by atomic mass is 10.0. The summed E-state index contributed by atoms with van der Waals surface area (Å²) in [7, 11) is 0. The molecule has 90 valence electrons. The molecule has 17 heavy (non-hydrogen) atoms. The molecule has 0 fully saturated rings. The molecule has 1 aromatic heterocycles. The Morgan fingerprint density at radius 2 is 2.00 bits per heavy atom. The molecule has 0 saturated heterocycles. The number of nitrogens with zero attached hydrogens (tertiary/aromatic N) is 1. The van der Waals surface area contributed by atoms with Crippen LogP contribution >= 0.6 is 0 Å². The first kappa shape index (κ1) is 12.0. The van der Waals surface area contributed by atoms with Crippen LogP contribution in [0.1, 0.15) is 25.5 Å². The first-order valence-electron chi connectivity index (χ1n) is 5.88. The molecule has 2 rings (SSSR count). The largest absolute Gasteiger partial charge is 0.377 e. The smallest absolute Gasteiger partial charge is 0.0663 e. The average molecular weight is 230 g/mol. The van der Waals surface area contributed by atoms with E-state index in [1.165, 1.54) is 0 Å². The summed E-state index contributed by atoms with van der Waals surface area (Å²) in [5.74, 6) is 0. The minimum atomic E-state index is -0.129. The van der Waals surface area contributed by atoms with Crippen molar-refractivity contribution in [3.8, 4) is 0 Å². The van der Waals surface area contributed by atoms with Gasteiger partial charge in [0.1, 0.15) is 0 Å². The van der Waals surface area contributed by atoms with Gasteiger partial charge in [-0.25, -0.2) is 0 Å². The van der Waals surface area contributed by atoms with Crippen LogP contribution < -0.4 is 5.73 Å². The summed E-state index contributed by atoms with van der Waals surface area (Å²) >= 11 is 0. The number of rotatable bonds is 4. The molecule has 3 heteroatoms. The van der Waals surface area contributed by atoms with Crippen LogP contribution in [0.3, 0.4) is 0 Å². The molecule has 1 heterocycles. The van der Waals surface area contributed by atoms with Crippen molar-refractivity contribution in [2.24, 2.45) is 5.73 Å². The average Bonchev–Trinajstić information content (AvgIpc) is 2.35. The van der Waals surface area contributed by atoms with Gasteiger partial charge in [0, 0.05) is 17.8 Å². The third kappa shape index (κ3) is 2.81. The highest BCUT2D eigenvalue weighted by Gasteiger charge is 2.11. The fourth-order valence-electron chi connectivity index (χ4n) is 1.82. The molecular weight excluding hydrogens is 212 g/mol. The van der Waals surface area contributed by atoms with E-state index in [0.717, 1.165) is 16.3 Å². The van der Waals surface area contributed by atoms with E-state index in [2.05, 4.69) is 11.1 Å². The van der Waals surface area contributed by atoms with E-state index in [1.807, 2.05) is 44.4 Å². The molecule has 1 atom stereocenters. The standard InChI is InChI=1S/C14H18N2O/c1-10(2)17-9-14(15)13-8-16-7-11-5-3-4-6-12(11)13/h3-8,10,14H,9,15H2,1-2H3. The van der Waals surface area contributed by atoms with Crippen molar-refractivity contribution in [3.05, 3.63) is 42.2 Å². The zero-order chi connectivity index (χ0) is 12.3. The second kappa shape index (κ2) is 5.25. The second-order valence-electron chi connectivity index (χ2n) is 4.44. The van der Waals surface area contributed by atoms with E-state index in [9.17, 15) is 0 Å². The number of hydrogen-bond acceptors (Lipinski definition) is 3. The molecule has 2 N–H and O–H groups in total. The lowest BCUT2D eigenvalue weighted by Gasteiger charge is -2.16. The molecule has 0 bridgehead atoms. The zero-order valence-electron chi connectivity index (χ0n) is 10.3. The topological polar surface area (TPSA) is 48.1 Å². The molecule has 1 unspecified atom stereocenters. The number of ether oxygens (including phenoxy) is 1. The number of fused-ring (bicyclic) bond motifs is 1. The van der Waals surface area contributed by atoms with Crippen LogP contribution in [-0.4, -0.2) is 17.7 Å². The van der Waals surface area contributed by atoms with Gasteiger partial charge in [-0.1, -0.05) is 24.3 Å². The van der Waals surface area contributed by atoms with E-state index in [4.69, 9.17) is 10.5 Å². The lowest BCUT2D eigenvalue weighted by Crippen LogP contribution is -2.20. The fraction of sp³-hybridized carbons (Fsp3) is 0.357. The maximum absolute atomic E-state index is 6.14. The molecule has 0 spiro atoms. The van der Waals surface area contributed by atoms with Crippen molar-refractivity contribution in [2.75, 3.05) is 6.61 Å². The molecule has 3 nitrogen and oxygen atoms in total. The summed E-state index contributed by atoms with van der Waals surface area (Å²) in [6.45, 7) is 4.54. The first-order chi connectivity index (χ1) is 8.18. The van der Waals surface area contributed by atoms with Crippen molar-refractivity contribution in [1.29, 1.82) is 0 Å². The van der Waals surface area contributed by atoms with Crippen molar-refractivity contribution >= 4 is 10.8 Å². The van der Waals surface area contributed by atoms with Crippen molar-refractivity contribution in [1.82, 2.24) is 4.98 Å². The van der Waals surface area contributed by atoms with Gasteiger partial charge < -0.3 is 10.5 Å². The van der Waals surface area contributed by atoms with Crippen LogP contribution in [0.15, 0.2) is 36.7 Å². The van der Waals surface area contributed by atoms with Gasteiger partial charge in [-0.05, 0) is 24.8 Å². The van der Waals surface area contributed by atoms with E-state index in [1.54, 1.807) is 0 Å². The third-order valence-electron chi connectivity index (χ3n) is 2.71. The summed E-state index contributed by atoms with van der Waals surface area (Å²) in [4.78, 5) is 4.23. The second-order valence-corrected chi connectivity index (χ2v) is 4.44. The van der Waals surface area contributed by atoms with Crippen LogP contribution in [0.2, 0.25) is 0 Å². The number of hydrogen-bond donors (Lipinski definition) is 1. The number of aromatic nitrogens is 1.